The van der Waals surface area contributed by atoms with Crippen LogP contribution in [0.25, 0.3) is 11.1 Å². The van der Waals surface area contributed by atoms with Gasteiger partial charge in [0.2, 0.25) is 0 Å². The fraction of sp³-hybridized carbons (Fsp3) is 0.407. The molecule has 1 unspecified atom stereocenters. The molecule has 1 aliphatic heterocycles. The van der Waals surface area contributed by atoms with E-state index >= 15 is 0 Å². The first-order valence-corrected chi connectivity index (χ1v) is 12.8. The van der Waals surface area contributed by atoms with Gasteiger partial charge in [-0.25, -0.2) is 9.18 Å². The minimum absolute atomic E-state index is 0.0607. The van der Waals surface area contributed by atoms with Crippen molar-refractivity contribution in [2.75, 3.05) is 51.7 Å². The Morgan fingerprint density at radius 1 is 1.02 bits per heavy atom. The Hall–Kier alpha value is -3.69. The van der Waals surface area contributed by atoms with E-state index in [0.717, 1.165) is 56.5 Å². The Morgan fingerprint density at radius 3 is 2.26 bits per heavy atom. The van der Waals surface area contributed by atoms with Crippen molar-refractivity contribution in [1.82, 2.24) is 19.6 Å². The van der Waals surface area contributed by atoms with Crippen molar-refractivity contribution in [2.45, 2.75) is 25.0 Å². The first-order valence-electron chi connectivity index (χ1n) is 12.8. The zero-order valence-electron chi connectivity index (χ0n) is 22.6. The molecular weight excluding hydrogens is 575 g/mol. The molecule has 0 aliphatic carbocycles. The van der Waals surface area contributed by atoms with Gasteiger partial charge >= 0.3 is 18.4 Å². The van der Waals surface area contributed by atoms with E-state index in [9.17, 15) is 40.6 Å². The highest BCUT2D eigenvalue weighted by molar-refractivity contribution is 5.90. The largest absolute Gasteiger partial charge is 0.420 e. The Balaban J connectivity index is 1.67. The third-order valence-electron chi connectivity index (χ3n) is 6.81. The molecule has 1 fully saturated rings. The number of aliphatic hydroxyl groups excluding tert-OH is 1. The lowest BCUT2D eigenvalue weighted by Crippen LogP contribution is -2.47. The van der Waals surface area contributed by atoms with Crippen molar-refractivity contribution in [3.63, 3.8) is 0 Å². The smallest absolute Gasteiger partial charge is 0.409 e. The van der Waals surface area contributed by atoms with Crippen molar-refractivity contribution in [3.8, 4) is 16.9 Å². The van der Waals surface area contributed by atoms with E-state index in [1.165, 1.54) is 23.0 Å². The molecule has 2 aromatic carbocycles. The Bertz CT molecular complexity index is 1380. The predicted molar refractivity (Wildman–Crippen MR) is 138 cm³/mol. The molecule has 0 saturated carbocycles. The SMILES string of the molecule is CN1CCN(CC(O)Cn2cc(-c3cc(C(F)(F)F)cc(C(F)(F)F)c3OC(=O)N(C)c3ccc(F)cc3)cn2)CC1. The minimum atomic E-state index is -5.34. The van der Waals surface area contributed by atoms with Crippen molar-refractivity contribution in [2.24, 2.45) is 0 Å². The number of nitrogens with zero attached hydrogens (tertiary/aromatic N) is 5. The van der Waals surface area contributed by atoms with E-state index in [0.29, 0.717) is 12.6 Å². The summed E-state index contributed by atoms with van der Waals surface area (Å²) in [5.41, 5.74) is -4.26. The number of carbonyl (C=O) groups is 1. The van der Waals surface area contributed by atoms with Crippen LogP contribution in [0.4, 0.5) is 41.2 Å². The highest BCUT2D eigenvalue weighted by Gasteiger charge is 2.41. The molecule has 4 rings (SSSR count). The third-order valence-corrected chi connectivity index (χ3v) is 6.81. The fourth-order valence-electron chi connectivity index (χ4n) is 4.46. The maximum atomic E-state index is 14.1. The number of hydrogen-bond donors (Lipinski definition) is 1. The number of amides is 1. The van der Waals surface area contributed by atoms with Crippen LogP contribution in [0.1, 0.15) is 11.1 Å². The third kappa shape index (κ3) is 7.57. The van der Waals surface area contributed by atoms with Crippen molar-refractivity contribution < 1.29 is 45.4 Å². The molecule has 1 aliphatic rings. The molecule has 1 atom stereocenters. The summed E-state index contributed by atoms with van der Waals surface area (Å²) in [4.78, 5) is 17.8. The lowest BCUT2D eigenvalue weighted by atomic mass is 9.99. The molecule has 2 heterocycles. The standard InChI is InChI=1S/C27H28F7N5O3/c1-36-7-9-38(10-8-36)15-21(40)16-39-14-17(13-35-39)22-11-18(26(29,30)31)12-23(27(32,33)34)24(22)42-25(41)37(2)20-5-3-19(28)4-6-20/h3-6,11-14,21,40H,7-10,15-16H2,1-2H3. The number of benzene rings is 2. The number of ether oxygens (including phenoxy) is 1. The average Bonchev–Trinajstić information content (AvgIpc) is 3.36. The zero-order chi connectivity index (χ0) is 30.8. The van der Waals surface area contributed by atoms with E-state index in [1.807, 2.05) is 11.9 Å². The quantitative estimate of drug-likeness (QED) is 0.385. The van der Waals surface area contributed by atoms with Gasteiger partial charge in [0.15, 0.2) is 5.75 Å². The van der Waals surface area contributed by atoms with Crippen LogP contribution in [-0.4, -0.2) is 83.7 Å². The van der Waals surface area contributed by atoms with E-state index < -0.39 is 52.8 Å². The molecule has 1 aromatic heterocycles. The summed E-state index contributed by atoms with van der Waals surface area (Å²) in [5.74, 6) is -1.79. The van der Waals surface area contributed by atoms with Crippen LogP contribution in [0.15, 0.2) is 48.8 Å². The summed E-state index contributed by atoms with van der Waals surface area (Å²) in [6.45, 7) is 3.29. The Kier molecular flexibility index (Phi) is 9.13. The number of aliphatic hydroxyl groups is 1. The van der Waals surface area contributed by atoms with Crippen LogP contribution in [0.3, 0.4) is 0 Å². The highest BCUT2D eigenvalue weighted by atomic mass is 19.4. The summed E-state index contributed by atoms with van der Waals surface area (Å²) in [5, 5.41) is 14.6. The summed E-state index contributed by atoms with van der Waals surface area (Å²) in [6.07, 6.45) is -10.6. The van der Waals surface area contributed by atoms with E-state index in [-0.39, 0.29) is 23.9 Å². The van der Waals surface area contributed by atoms with Crippen LogP contribution >= 0.6 is 0 Å². The maximum absolute atomic E-state index is 14.1. The van der Waals surface area contributed by atoms with Crippen LogP contribution in [0.2, 0.25) is 0 Å². The molecule has 0 bridgehead atoms. The molecule has 15 heteroatoms. The van der Waals surface area contributed by atoms with Gasteiger partial charge < -0.3 is 14.7 Å². The first-order chi connectivity index (χ1) is 19.6. The molecule has 42 heavy (non-hydrogen) atoms. The Labute approximate surface area is 236 Å². The second-order valence-corrected chi connectivity index (χ2v) is 10.0. The van der Waals surface area contributed by atoms with E-state index in [4.69, 9.17) is 4.74 Å². The first kappa shape index (κ1) is 31.3. The monoisotopic (exact) mass is 603 g/mol. The van der Waals surface area contributed by atoms with Gasteiger partial charge in [-0.15, -0.1) is 0 Å². The molecule has 1 saturated heterocycles. The lowest BCUT2D eigenvalue weighted by Gasteiger charge is -2.33. The van der Waals surface area contributed by atoms with E-state index in [1.54, 1.807) is 0 Å². The van der Waals surface area contributed by atoms with Crippen molar-refractivity contribution in [3.05, 3.63) is 65.7 Å². The maximum Gasteiger partial charge on any atom is 0.420 e. The van der Waals surface area contributed by atoms with Crippen LogP contribution in [-0.2, 0) is 18.9 Å². The van der Waals surface area contributed by atoms with Gasteiger partial charge in [-0.3, -0.25) is 14.5 Å². The van der Waals surface area contributed by atoms with Gasteiger partial charge in [-0.2, -0.15) is 31.4 Å². The second-order valence-electron chi connectivity index (χ2n) is 10.0. The van der Waals surface area contributed by atoms with Gasteiger partial charge in [0.25, 0.3) is 0 Å². The second kappa shape index (κ2) is 12.3. The highest BCUT2D eigenvalue weighted by Crippen LogP contribution is 2.46. The van der Waals surface area contributed by atoms with E-state index in [2.05, 4.69) is 10.00 Å². The minimum Gasteiger partial charge on any atom is -0.409 e. The fourth-order valence-corrected chi connectivity index (χ4v) is 4.46. The number of alkyl halides is 6. The topological polar surface area (TPSA) is 74.1 Å². The molecule has 228 valence electrons. The van der Waals surface area contributed by atoms with Gasteiger partial charge in [0.1, 0.15) is 5.82 Å². The summed E-state index contributed by atoms with van der Waals surface area (Å²) < 4.78 is 103. The molecule has 3 aromatic rings. The number of likely N-dealkylation sites (N-methyl/N-ethyl adjacent to an activating group) is 1. The van der Waals surface area contributed by atoms with Crippen molar-refractivity contribution in [1.29, 1.82) is 0 Å². The Morgan fingerprint density at radius 2 is 1.67 bits per heavy atom. The number of β-amino-alcohol motifs (C(OH)–C–C–N with tert-alkyl or cyclic N) is 1. The van der Waals surface area contributed by atoms with Crippen LogP contribution < -0.4 is 9.64 Å². The van der Waals surface area contributed by atoms with Gasteiger partial charge in [-0.05, 0) is 43.4 Å². The van der Waals surface area contributed by atoms with Gasteiger partial charge in [-0.1, -0.05) is 0 Å². The number of halogens is 7. The summed E-state index contributed by atoms with van der Waals surface area (Å²) >= 11 is 0. The summed E-state index contributed by atoms with van der Waals surface area (Å²) in [7, 11) is 3.12. The predicted octanol–water partition coefficient (Wildman–Crippen LogP) is 4.97. The van der Waals surface area contributed by atoms with Crippen molar-refractivity contribution >= 4 is 11.8 Å². The molecule has 1 amide bonds. The molecular formula is C27H28F7N5O3. The van der Waals surface area contributed by atoms with Crippen LogP contribution in [0.5, 0.6) is 5.75 Å². The number of aromatic nitrogens is 2. The number of anilines is 1. The van der Waals surface area contributed by atoms with Gasteiger partial charge in [0, 0.05) is 62.8 Å². The van der Waals surface area contributed by atoms with Gasteiger partial charge in [0.05, 0.1) is 30.0 Å². The molecule has 0 radical (unpaired) electrons. The molecule has 8 nitrogen and oxygen atoms in total. The average molecular weight is 604 g/mol. The number of piperazine rings is 1. The normalized spacial score (nSPS) is 16.0. The number of hydrogen-bond acceptors (Lipinski definition) is 6. The number of carbonyl (C=O) groups excluding carboxylic acids is 1. The summed E-state index contributed by atoms with van der Waals surface area (Å²) in [6, 6.07) is 4.68. The number of rotatable bonds is 7. The lowest BCUT2D eigenvalue weighted by molar-refractivity contribution is -0.143. The molecule has 1 N–H and O–H groups in total. The zero-order valence-corrected chi connectivity index (χ0v) is 22.6. The van der Waals surface area contributed by atoms with Crippen LogP contribution in [0, 0.1) is 5.82 Å². The molecule has 0 spiro atoms.